The molecule has 0 aromatic carbocycles. The zero-order chi connectivity index (χ0) is 15.4. The van der Waals surface area contributed by atoms with E-state index in [2.05, 4.69) is 25.6 Å². The Bertz CT molecular complexity index is 607. The molecular weight excluding hydrogens is 282 g/mol. The van der Waals surface area contributed by atoms with Crippen LogP contribution in [-0.4, -0.2) is 45.8 Å². The molecular formula is C15H21N5O2. The third-order valence-electron chi connectivity index (χ3n) is 4.02. The van der Waals surface area contributed by atoms with Gasteiger partial charge in [0.25, 0.3) is 0 Å². The Morgan fingerprint density at radius 2 is 2.50 bits per heavy atom. The van der Waals surface area contributed by atoms with E-state index in [-0.39, 0.29) is 5.91 Å². The molecule has 0 saturated carbocycles. The SMILES string of the molecule is Cc1cc(NC(=O)CCN2CCC[C@H](c3ccn[nH]3)C2)no1. The van der Waals surface area contributed by atoms with Gasteiger partial charge in [-0.05, 0) is 32.4 Å². The second-order valence-corrected chi connectivity index (χ2v) is 5.77. The standard InChI is InChI=1S/C15H21N5O2/c1-11-9-14(19-22-11)17-15(21)5-8-20-7-2-3-12(10-20)13-4-6-16-18-13/h4,6,9,12H,2-3,5,7-8,10H2,1H3,(H,16,18)(H,17,19,21)/t12-/m0/s1. The van der Waals surface area contributed by atoms with E-state index in [0.29, 0.717) is 23.9 Å². The molecule has 1 fully saturated rings. The summed E-state index contributed by atoms with van der Waals surface area (Å²) in [6.07, 6.45) is 4.57. The maximum absolute atomic E-state index is 11.9. The van der Waals surface area contributed by atoms with Crippen LogP contribution >= 0.6 is 0 Å². The Morgan fingerprint density at radius 1 is 1.59 bits per heavy atom. The lowest BCUT2D eigenvalue weighted by molar-refractivity contribution is -0.116. The number of anilines is 1. The van der Waals surface area contributed by atoms with E-state index in [9.17, 15) is 4.79 Å². The van der Waals surface area contributed by atoms with Gasteiger partial charge in [-0.1, -0.05) is 5.16 Å². The van der Waals surface area contributed by atoms with Crippen molar-refractivity contribution in [2.45, 2.75) is 32.1 Å². The molecule has 3 rings (SSSR count). The van der Waals surface area contributed by atoms with Crippen LogP contribution in [0.5, 0.6) is 0 Å². The molecule has 1 saturated heterocycles. The fraction of sp³-hybridized carbons (Fsp3) is 0.533. The minimum atomic E-state index is -0.0306. The van der Waals surface area contributed by atoms with Gasteiger partial charge in [0, 0.05) is 43.4 Å². The fourth-order valence-electron chi connectivity index (χ4n) is 2.90. The van der Waals surface area contributed by atoms with Gasteiger partial charge in [0.15, 0.2) is 5.82 Å². The number of likely N-dealkylation sites (tertiary alicyclic amines) is 1. The summed E-state index contributed by atoms with van der Waals surface area (Å²) in [5.41, 5.74) is 1.19. The molecule has 0 unspecified atom stereocenters. The number of nitrogens with zero attached hydrogens (tertiary/aromatic N) is 3. The van der Waals surface area contributed by atoms with Gasteiger partial charge in [-0.25, -0.2) is 0 Å². The average Bonchev–Trinajstić information content (AvgIpc) is 3.17. The van der Waals surface area contributed by atoms with Gasteiger partial charge in [-0.3, -0.25) is 9.89 Å². The molecule has 1 aliphatic heterocycles. The quantitative estimate of drug-likeness (QED) is 0.881. The van der Waals surface area contributed by atoms with Gasteiger partial charge in [-0.15, -0.1) is 0 Å². The van der Waals surface area contributed by atoms with Gasteiger partial charge in [0.05, 0.1) is 0 Å². The normalized spacial score (nSPS) is 19.2. The van der Waals surface area contributed by atoms with E-state index in [1.54, 1.807) is 19.2 Å². The first-order valence-electron chi connectivity index (χ1n) is 7.65. The average molecular weight is 303 g/mol. The van der Waals surface area contributed by atoms with Crippen molar-refractivity contribution < 1.29 is 9.32 Å². The number of aryl methyl sites for hydroxylation is 1. The van der Waals surface area contributed by atoms with Gasteiger partial charge in [0.2, 0.25) is 5.91 Å². The van der Waals surface area contributed by atoms with Crippen LogP contribution in [0.3, 0.4) is 0 Å². The fourth-order valence-corrected chi connectivity index (χ4v) is 2.90. The predicted molar refractivity (Wildman–Crippen MR) is 81.5 cm³/mol. The summed E-state index contributed by atoms with van der Waals surface area (Å²) in [4.78, 5) is 14.3. The molecule has 118 valence electrons. The Morgan fingerprint density at radius 3 is 3.23 bits per heavy atom. The zero-order valence-electron chi connectivity index (χ0n) is 12.7. The van der Waals surface area contributed by atoms with E-state index in [0.717, 1.165) is 26.1 Å². The molecule has 0 bridgehead atoms. The zero-order valence-corrected chi connectivity index (χ0v) is 12.7. The minimum absolute atomic E-state index is 0.0306. The summed E-state index contributed by atoms with van der Waals surface area (Å²) in [5, 5.41) is 13.6. The molecule has 1 atom stereocenters. The molecule has 22 heavy (non-hydrogen) atoms. The van der Waals surface area contributed by atoms with Crippen LogP contribution in [0.2, 0.25) is 0 Å². The van der Waals surface area contributed by atoms with Gasteiger partial charge in [-0.2, -0.15) is 5.10 Å². The molecule has 7 nitrogen and oxygen atoms in total. The number of hydrogen-bond acceptors (Lipinski definition) is 5. The lowest BCUT2D eigenvalue weighted by atomic mass is 9.95. The largest absolute Gasteiger partial charge is 0.360 e. The summed E-state index contributed by atoms with van der Waals surface area (Å²) in [5.74, 6) is 1.62. The van der Waals surface area contributed by atoms with Crippen LogP contribution in [0.1, 0.15) is 36.6 Å². The lowest BCUT2D eigenvalue weighted by Gasteiger charge is -2.31. The highest BCUT2D eigenvalue weighted by molar-refractivity contribution is 5.89. The van der Waals surface area contributed by atoms with Crippen LogP contribution in [0, 0.1) is 6.92 Å². The lowest BCUT2D eigenvalue weighted by Crippen LogP contribution is -2.36. The number of piperidine rings is 1. The highest BCUT2D eigenvalue weighted by Gasteiger charge is 2.22. The molecule has 2 N–H and O–H groups in total. The minimum Gasteiger partial charge on any atom is -0.360 e. The van der Waals surface area contributed by atoms with E-state index >= 15 is 0 Å². The monoisotopic (exact) mass is 303 g/mol. The number of aromatic amines is 1. The van der Waals surface area contributed by atoms with Crippen LogP contribution in [0.15, 0.2) is 22.9 Å². The van der Waals surface area contributed by atoms with E-state index in [1.807, 2.05) is 6.07 Å². The molecule has 0 spiro atoms. The van der Waals surface area contributed by atoms with E-state index in [1.165, 1.54) is 12.1 Å². The number of carbonyl (C=O) groups is 1. The van der Waals surface area contributed by atoms with Crippen LogP contribution in [0.25, 0.3) is 0 Å². The summed E-state index contributed by atoms with van der Waals surface area (Å²) in [6.45, 7) is 4.57. The number of H-pyrrole nitrogens is 1. The first-order chi connectivity index (χ1) is 10.7. The number of nitrogens with one attached hydrogen (secondary N) is 2. The number of hydrogen-bond donors (Lipinski definition) is 2. The van der Waals surface area contributed by atoms with Crippen molar-refractivity contribution in [3.05, 3.63) is 29.8 Å². The highest BCUT2D eigenvalue weighted by atomic mass is 16.5. The smallest absolute Gasteiger partial charge is 0.226 e. The maximum Gasteiger partial charge on any atom is 0.226 e. The van der Waals surface area contributed by atoms with Crippen LogP contribution in [-0.2, 0) is 4.79 Å². The Hall–Kier alpha value is -2.15. The highest BCUT2D eigenvalue weighted by Crippen LogP contribution is 2.25. The molecule has 0 radical (unpaired) electrons. The van der Waals surface area contributed by atoms with Crippen molar-refractivity contribution in [3.63, 3.8) is 0 Å². The molecule has 3 heterocycles. The second-order valence-electron chi connectivity index (χ2n) is 5.77. The Balaban J connectivity index is 1.45. The molecule has 2 aromatic rings. The van der Waals surface area contributed by atoms with Crippen molar-refractivity contribution in [2.24, 2.45) is 0 Å². The van der Waals surface area contributed by atoms with Crippen molar-refractivity contribution in [2.75, 3.05) is 25.0 Å². The van der Waals surface area contributed by atoms with E-state index < -0.39 is 0 Å². The van der Waals surface area contributed by atoms with Crippen molar-refractivity contribution in [1.82, 2.24) is 20.3 Å². The Kier molecular flexibility index (Phi) is 4.53. The van der Waals surface area contributed by atoms with Crippen molar-refractivity contribution >= 4 is 11.7 Å². The maximum atomic E-state index is 11.9. The van der Waals surface area contributed by atoms with Gasteiger partial charge < -0.3 is 14.7 Å². The molecule has 7 heteroatoms. The number of rotatable bonds is 5. The molecule has 2 aromatic heterocycles. The van der Waals surface area contributed by atoms with Gasteiger partial charge in [0.1, 0.15) is 5.76 Å². The summed E-state index contributed by atoms with van der Waals surface area (Å²) in [6, 6.07) is 3.75. The first kappa shape index (κ1) is 14.8. The van der Waals surface area contributed by atoms with Gasteiger partial charge >= 0.3 is 0 Å². The Labute approximate surface area is 129 Å². The molecule has 1 amide bonds. The van der Waals surface area contributed by atoms with Crippen molar-refractivity contribution in [1.29, 1.82) is 0 Å². The second kappa shape index (κ2) is 6.74. The summed E-state index contributed by atoms with van der Waals surface area (Å²) in [7, 11) is 0. The van der Waals surface area contributed by atoms with Crippen molar-refractivity contribution in [3.8, 4) is 0 Å². The van der Waals surface area contributed by atoms with Crippen LogP contribution in [0.4, 0.5) is 5.82 Å². The predicted octanol–water partition coefficient (Wildman–Crippen LogP) is 1.91. The number of amides is 1. The third-order valence-corrected chi connectivity index (χ3v) is 4.02. The first-order valence-corrected chi connectivity index (χ1v) is 7.65. The van der Waals surface area contributed by atoms with Crippen LogP contribution < -0.4 is 5.32 Å². The molecule has 1 aliphatic rings. The summed E-state index contributed by atoms with van der Waals surface area (Å²) < 4.78 is 4.93. The summed E-state index contributed by atoms with van der Waals surface area (Å²) >= 11 is 0. The third kappa shape index (κ3) is 3.73. The topological polar surface area (TPSA) is 87.0 Å². The molecule has 0 aliphatic carbocycles. The number of aromatic nitrogens is 3. The van der Waals surface area contributed by atoms with E-state index in [4.69, 9.17) is 4.52 Å². The number of carbonyl (C=O) groups excluding carboxylic acids is 1.